The second-order valence-electron chi connectivity index (χ2n) is 4.42. The average molecular weight is 294 g/mol. The van der Waals surface area contributed by atoms with Gasteiger partial charge in [0.15, 0.2) is 5.65 Å². The summed E-state index contributed by atoms with van der Waals surface area (Å²) >= 11 is 0. The van der Waals surface area contributed by atoms with Crippen LogP contribution in [-0.4, -0.2) is 19.5 Å². The van der Waals surface area contributed by atoms with Gasteiger partial charge in [-0.3, -0.25) is 20.0 Å². The molecule has 0 spiro atoms. The fourth-order valence-corrected chi connectivity index (χ4v) is 2.01. The maximum absolute atomic E-state index is 11.9. The maximum atomic E-state index is 11.9. The first-order chi connectivity index (χ1) is 9.54. The molecular formula is C13H11N4NaO3. The number of hydrogen-bond donors (Lipinski definition) is 1. The number of rotatable bonds is 2. The van der Waals surface area contributed by atoms with E-state index in [1.807, 2.05) is 6.92 Å². The van der Waals surface area contributed by atoms with Crippen molar-refractivity contribution in [3.63, 3.8) is 0 Å². The number of nitrogens with zero attached hydrogens (tertiary/aromatic N) is 3. The molecule has 0 aliphatic heterocycles. The van der Waals surface area contributed by atoms with Crippen molar-refractivity contribution in [2.75, 3.05) is 0 Å². The standard InChI is InChI=1S/C13H10N4O3.Na.H/c1-8-6-12-14-11(7-13(18)16(12)15-8)9-2-4-10(5-3-9)17(19)20;;/h2-7,15H,1H3;;/q;+1;-1. The molecule has 0 amide bonds. The predicted octanol–water partition coefficient (Wildman–Crippen LogP) is -0.977. The van der Waals surface area contributed by atoms with E-state index in [0.29, 0.717) is 16.9 Å². The summed E-state index contributed by atoms with van der Waals surface area (Å²) in [6.07, 6.45) is 0. The van der Waals surface area contributed by atoms with Crippen molar-refractivity contribution in [3.8, 4) is 11.3 Å². The van der Waals surface area contributed by atoms with E-state index in [4.69, 9.17) is 0 Å². The molecule has 102 valence electrons. The van der Waals surface area contributed by atoms with Gasteiger partial charge >= 0.3 is 29.6 Å². The third-order valence-electron chi connectivity index (χ3n) is 2.95. The molecule has 2 aromatic heterocycles. The number of benzene rings is 1. The van der Waals surface area contributed by atoms with Gasteiger partial charge in [-0.2, -0.15) is 0 Å². The first-order valence-electron chi connectivity index (χ1n) is 5.89. The SMILES string of the molecule is Cc1cc2nc(-c3ccc([N+](=O)[O-])cc3)cc(=O)n2[nH]1.[H-].[Na+]. The largest absolute Gasteiger partial charge is 1.00 e. The van der Waals surface area contributed by atoms with Gasteiger partial charge in [0.25, 0.3) is 11.2 Å². The molecule has 0 aliphatic carbocycles. The quantitative estimate of drug-likeness (QED) is 0.373. The predicted molar refractivity (Wildman–Crippen MR) is 73.8 cm³/mol. The first kappa shape index (κ1) is 15.4. The van der Waals surface area contributed by atoms with Crippen LogP contribution in [0.3, 0.4) is 0 Å². The monoisotopic (exact) mass is 294 g/mol. The van der Waals surface area contributed by atoms with Crippen LogP contribution < -0.4 is 35.1 Å². The van der Waals surface area contributed by atoms with Crippen LogP contribution in [0.5, 0.6) is 0 Å². The summed E-state index contributed by atoms with van der Waals surface area (Å²) in [5.41, 5.74) is 2.28. The van der Waals surface area contributed by atoms with Crippen molar-refractivity contribution in [2.45, 2.75) is 6.92 Å². The Morgan fingerprint density at radius 3 is 2.57 bits per heavy atom. The topological polar surface area (TPSA) is 93.3 Å². The van der Waals surface area contributed by atoms with Crippen LogP contribution in [0.4, 0.5) is 5.69 Å². The molecule has 0 aliphatic rings. The van der Waals surface area contributed by atoms with E-state index in [2.05, 4.69) is 10.1 Å². The number of fused-ring (bicyclic) bond motifs is 1. The van der Waals surface area contributed by atoms with Crippen LogP contribution in [0.1, 0.15) is 7.12 Å². The van der Waals surface area contributed by atoms with Crippen molar-refractivity contribution in [1.29, 1.82) is 0 Å². The van der Waals surface area contributed by atoms with Crippen LogP contribution in [0.2, 0.25) is 0 Å². The number of hydrogen-bond acceptors (Lipinski definition) is 4. The Kier molecular flexibility index (Phi) is 4.26. The molecule has 7 nitrogen and oxygen atoms in total. The van der Waals surface area contributed by atoms with Crippen LogP contribution in [0, 0.1) is 17.0 Å². The smallest absolute Gasteiger partial charge is 1.00 e. The van der Waals surface area contributed by atoms with Gasteiger partial charge in [-0.25, -0.2) is 9.50 Å². The first-order valence-corrected chi connectivity index (χ1v) is 5.89. The molecule has 0 saturated carbocycles. The summed E-state index contributed by atoms with van der Waals surface area (Å²) in [6, 6.07) is 9.09. The molecule has 3 aromatic rings. The van der Waals surface area contributed by atoms with E-state index in [0.717, 1.165) is 5.69 Å². The Hall–Kier alpha value is -1.96. The Bertz CT molecular complexity index is 873. The molecule has 0 bridgehead atoms. The summed E-state index contributed by atoms with van der Waals surface area (Å²) in [4.78, 5) is 26.5. The Labute approximate surface area is 142 Å². The molecule has 3 rings (SSSR count). The molecule has 0 fully saturated rings. The zero-order chi connectivity index (χ0) is 14.3. The number of non-ortho nitro benzene ring substituents is 1. The molecule has 0 radical (unpaired) electrons. The molecule has 0 saturated heterocycles. The van der Waals surface area contributed by atoms with E-state index >= 15 is 0 Å². The number of nitrogens with one attached hydrogen (secondary N) is 1. The fraction of sp³-hybridized carbons (Fsp3) is 0.0769. The fourth-order valence-electron chi connectivity index (χ4n) is 2.01. The van der Waals surface area contributed by atoms with Gasteiger partial charge in [-0.05, 0) is 19.1 Å². The van der Waals surface area contributed by atoms with E-state index in [9.17, 15) is 14.9 Å². The number of aromatic nitrogens is 3. The Morgan fingerprint density at radius 1 is 1.29 bits per heavy atom. The normalized spacial score (nSPS) is 10.3. The van der Waals surface area contributed by atoms with Crippen molar-refractivity contribution >= 4 is 11.3 Å². The number of H-pyrrole nitrogens is 1. The second kappa shape index (κ2) is 5.80. The molecule has 2 heterocycles. The molecule has 8 heteroatoms. The van der Waals surface area contributed by atoms with Gasteiger partial charge in [0, 0.05) is 35.5 Å². The van der Waals surface area contributed by atoms with Gasteiger partial charge in [0.05, 0.1) is 10.6 Å². The van der Waals surface area contributed by atoms with E-state index in [-0.39, 0.29) is 42.2 Å². The molecule has 0 atom stereocenters. The minimum absolute atomic E-state index is 0. The number of aromatic amines is 1. The van der Waals surface area contributed by atoms with Gasteiger partial charge in [-0.1, -0.05) is 0 Å². The molecular weight excluding hydrogens is 283 g/mol. The number of nitro benzene ring substituents is 1. The Morgan fingerprint density at radius 2 is 1.95 bits per heavy atom. The van der Waals surface area contributed by atoms with Crippen molar-refractivity contribution in [1.82, 2.24) is 14.6 Å². The van der Waals surface area contributed by atoms with E-state index in [1.165, 1.54) is 22.7 Å². The third-order valence-corrected chi connectivity index (χ3v) is 2.95. The molecule has 0 unspecified atom stereocenters. The average Bonchev–Trinajstić information content (AvgIpc) is 2.80. The minimum Gasteiger partial charge on any atom is -1.00 e. The van der Waals surface area contributed by atoms with Gasteiger partial charge in [-0.15, -0.1) is 0 Å². The summed E-state index contributed by atoms with van der Waals surface area (Å²) < 4.78 is 1.35. The molecule has 1 N–H and O–H groups in total. The Balaban J connectivity index is 0.00000121. The third kappa shape index (κ3) is 2.90. The second-order valence-corrected chi connectivity index (χ2v) is 4.42. The van der Waals surface area contributed by atoms with Gasteiger partial charge in [0.2, 0.25) is 0 Å². The van der Waals surface area contributed by atoms with E-state index in [1.54, 1.807) is 18.2 Å². The van der Waals surface area contributed by atoms with E-state index < -0.39 is 4.92 Å². The molecule has 1 aromatic carbocycles. The van der Waals surface area contributed by atoms with Crippen LogP contribution in [-0.2, 0) is 0 Å². The zero-order valence-electron chi connectivity index (χ0n) is 12.5. The van der Waals surface area contributed by atoms with Crippen molar-refractivity contribution in [3.05, 3.63) is 62.6 Å². The molecule has 21 heavy (non-hydrogen) atoms. The van der Waals surface area contributed by atoms with Gasteiger partial charge < -0.3 is 1.43 Å². The van der Waals surface area contributed by atoms with Crippen LogP contribution in [0.15, 0.2) is 41.2 Å². The van der Waals surface area contributed by atoms with Crippen LogP contribution in [0.25, 0.3) is 16.9 Å². The summed E-state index contributed by atoms with van der Waals surface area (Å²) in [7, 11) is 0. The summed E-state index contributed by atoms with van der Waals surface area (Å²) in [6.45, 7) is 1.83. The summed E-state index contributed by atoms with van der Waals surface area (Å²) in [5, 5.41) is 13.5. The zero-order valence-corrected chi connectivity index (χ0v) is 13.5. The van der Waals surface area contributed by atoms with Crippen molar-refractivity contribution in [2.24, 2.45) is 0 Å². The summed E-state index contributed by atoms with van der Waals surface area (Å²) in [5.74, 6) is 0. The maximum Gasteiger partial charge on any atom is 1.00 e. The number of nitro groups is 1. The number of aryl methyl sites for hydroxylation is 1. The van der Waals surface area contributed by atoms with Gasteiger partial charge in [0.1, 0.15) is 0 Å². The van der Waals surface area contributed by atoms with Crippen molar-refractivity contribution < 1.29 is 35.9 Å². The minimum atomic E-state index is -0.467. The van der Waals surface area contributed by atoms with Crippen LogP contribution >= 0.6 is 0 Å².